The Morgan fingerprint density at radius 3 is 2.73 bits per heavy atom. The summed E-state index contributed by atoms with van der Waals surface area (Å²) in [5.74, 6) is -1.23. The predicted molar refractivity (Wildman–Crippen MR) is 84.3 cm³/mol. The lowest BCUT2D eigenvalue weighted by Crippen LogP contribution is -2.29. The largest absolute Gasteiger partial charge is 0.374 e. The zero-order chi connectivity index (χ0) is 16.4. The van der Waals surface area contributed by atoms with E-state index in [1.165, 1.54) is 25.5 Å². The van der Waals surface area contributed by atoms with Crippen molar-refractivity contribution in [2.75, 3.05) is 13.7 Å². The highest BCUT2D eigenvalue weighted by atomic mass is 35.5. The topological polar surface area (TPSA) is 56.1 Å². The Hall–Kier alpha value is -1.15. The molecule has 0 saturated heterocycles. The lowest BCUT2D eigenvalue weighted by molar-refractivity contribution is 0.0834. The average molecular weight is 366 g/mol. The van der Waals surface area contributed by atoms with E-state index in [1.807, 2.05) is 0 Å². The number of carbonyl (C=O) groups is 1. The van der Waals surface area contributed by atoms with E-state index in [1.54, 1.807) is 13.0 Å². The van der Waals surface area contributed by atoms with Gasteiger partial charge < -0.3 is 10.1 Å². The summed E-state index contributed by atoms with van der Waals surface area (Å²) in [5.41, 5.74) is 0.247. The fourth-order valence-corrected chi connectivity index (χ4v) is 3.70. The predicted octanol–water partition coefficient (Wildman–Crippen LogP) is 3.35. The Bertz CT molecular complexity index is 702. The molecule has 0 saturated carbocycles. The Kier molecular flexibility index (Phi) is 5.44. The number of hydrogen-bond donors (Lipinski definition) is 1. The van der Waals surface area contributed by atoms with Crippen molar-refractivity contribution in [2.24, 2.45) is 7.05 Å². The van der Waals surface area contributed by atoms with E-state index in [-0.39, 0.29) is 12.1 Å². The molecule has 22 heavy (non-hydrogen) atoms. The van der Waals surface area contributed by atoms with Crippen molar-refractivity contribution in [3.05, 3.63) is 37.5 Å². The Balaban J connectivity index is 2.10. The van der Waals surface area contributed by atoms with E-state index in [9.17, 15) is 9.18 Å². The molecule has 1 N–H and O–H groups in total. The van der Waals surface area contributed by atoms with Crippen LogP contribution >= 0.6 is 34.5 Å². The van der Waals surface area contributed by atoms with Crippen molar-refractivity contribution in [3.8, 4) is 0 Å². The third-order valence-corrected chi connectivity index (χ3v) is 4.87. The molecule has 0 aliphatic carbocycles. The second kappa shape index (κ2) is 6.95. The average Bonchev–Trinajstić information content (AvgIpc) is 2.90. The third kappa shape index (κ3) is 3.43. The zero-order valence-electron chi connectivity index (χ0n) is 12.1. The molecule has 2 rings (SSSR count). The van der Waals surface area contributed by atoms with Gasteiger partial charge in [0.2, 0.25) is 5.95 Å². The number of aromatic nitrogens is 2. The van der Waals surface area contributed by atoms with E-state index in [0.29, 0.717) is 19.9 Å². The minimum absolute atomic E-state index is 0.0762. The molecule has 0 bridgehead atoms. The van der Waals surface area contributed by atoms with Gasteiger partial charge in [-0.05, 0) is 13.0 Å². The van der Waals surface area contributed by atoms with Crippen LogP contribution in [0.4, 0.5) is 4.39 Å². The molecule has 5 nitrogen and oxygen atoms in total. The van der Waals surface area contributed by atoms with Crippen LogP contribution in [-0.4, -0.2) is 29.3 Å². The number of thiophene rings is 1. The van der Waals surface area contributed by atoms with Crippen LogP contribution < -0.4 is 5.32 Å². The van der Waals surface area contributed by atoms with E-state index >= 15 is 0 Å². The van der Waals surface area contributed by atoms with Crippen LogP contribution in [0.25, 0.3) is 0 Å². The summed E-state index contributed by atoms with van der Waals surface area (Å²) in [5, 5.41) is 6.97. The first-order chi connectivity index (χ1) is 10.3. The van der Waals surface area contributed by atoms with E-state index in [4.69, 9.17) is 27.9 Å². The summed E-state index contributed by atoms with van der Waals surface area (Å²) in [6.07, 6.45) is -0.464. The van der Waals surface area contributed by atoms with E-state index in [2.05, 4.69) is 10.4 Å². The SMILES string of the molecule is COC(CNC(=O)c1c(C)nn(C)c1F)c1sc(Cl)cc1Cl. The van der Waals surface area contributed by atoms with Gasteiger partial charge in [0.1, 0.15) is 11.7 Å². The maximum Gasteiger partial charge on any atom is 0.257 e. The fraction of sp³-hybridized carbons (Fsp3) is 0.385. The van der Waals surface area contributed by atoms with E-state index in [0.717, 1.165) is 4.68 Å². The number of amides is 1. The van der Waals surface area contributed by atoms with Crippen molar-refractivity contribution in [1.29, 1.82) is 0 Å². The fourth-order valence-electron chi connectivity index (χ4n) is 2.02. The van der Waals surface area contributed by atoms with Gasteiger partial charge in [-0.25, -0.2) is 4.68 Å². The number of hydrogen-bond acceptors (Lipinski definition) is 4. The van der Waals surface area contributed by atoms with Crippen molar-refractivity contribution in [2.45, 2.75) is 13.0 Å². The molecule has 1 unspecified atom stereocenters. The van der Waals surface area contributed by atoms with Crippen molar-refractivity contribution >= 4 is 40.4 Å². The monoisotopic (exact) mass is 365 g/mol. The van der Waals surface area contributed by atoms with Gasteiger partial charge in [0.15, 0.2) is 0 Å². The zero-order valence-corrected chi connectivity index (χ0v) is 14.4. The van der Waals surface area contributed by atoms with Crippen molar-refractivity contribution in [1.82, 2.24) is 15.1 Å². The number of halogens is 3. The molecule has 9 heteroatoms. The van der Waals surface area contributed by atoms with Gasteiger partial charge in [0.05, 0.1) is 19.9 Å². The maximum absolute atomic E-state index is 13.8. The number of nitrogens with zero attached hydrogens (tertiary/aromatic N) is 2. The standard InChI is InChI=1S/C13H14Cl2FN3O2S/c1-6-10(12(16)19(2)18-6)13(20)17-5-8(21-3)11-7(14)4-9(15)22-11/h4,8H,5H2,1-3H3,(H,17,20). The number of aryl methyl sites for hydroxylation is 2. The summed E-state index contributed by atoms with van der Waals surface area (Å²) in [4.78, 5) is 12.8. The molecule has 1 atom stereocenters. The molecule has 120 valence electrons. The lowest BCUT2D eigenvalue weighted by atomic mass is 10.2. The number of rotatable bonds is 5. The molecular weight excluding hydrogens is 352 g/mol. The summed E-state index contributed by atoms with van der Waals surface area (Å²) in [7, 11) is 2.93. The Labute approximate surface area is 141 Å². The Morgan fingerprint density at radius 1 is 1.59 bits per heavy atom. The van der Waals surface area contributed by atoms with Crippen LogP contribution in [0, 0.1) is 12.9 Å². The maximum atomic E-state index is 13.8. The molecule has 0 aromatic carbocycles. The van der Waals surface area contributed by atoms with Gasteiger partial charge in [-0.2, -0.15) is 9.49 Å². The number of nitrogens with one attached hydrogen (secondary N) is 1. The second-order valence-electron chi connectivity index (χ2n) is 4.57. The van der Waals surface area contributed by atoms with Gasteiger partial charge in [0, 0.05) is 20.7 Å². The molecule has 0 aliphatic rings. The summed E-state index contributed by atoms with van der Waals surface area (Å²) in [6, 6.07) is 1.61. The Morgan fingerprint density at radius 2 is 2.27 bits per heavy atom. The van der Waals surface area contributed by atoms with Crippen LogP contribution in [0.5, 0.6) is 0 Å². The quantitative estimate of drug-likeness (QED) is 0.883. The smallest absolute Gasteiger partial charge is 0.257 e. The molecule has 0 spiro atoms. The first-order valence-corrected chi connectivity index (χ1v) is 7.87. The molecule has 0 aliphatic heterocycles. The molecule has 1 amide bonds. The first-order valence-electron chi connectivity index (χ1n) is 6.30. The van der Waals surface area contributed by atoms with Gasteiger partial charge in [-0.15, -0.1) is 11.3 Å². The van der Waals surface area contributed by atoms with Crippen LogP contribution in [-0.2, 0) is 11.8 Å². The van der Waals surface area contributed by atoms with Crippen molar-refractivity contribution < 1.29 is 13.9 Å². The third-order valence-electron chi connectivity index (χ3n) is 3.09. The summed E-state index contributed by atoms with van der Waals surface area (Å²) in [6.45, 7) is 1.71. The van der Waals surface area contributed by atoms with Crippen molar-refractivity contribution in [3.63, 3.8) is 0 Å². The van der Waals surface area contributed by atoms with Crippen LogP contribution in [0.1, 0.15) is 27.0 Å². The molecule has 0 fully saturated rings. The molecule has 2 aromatic rings. The highest BCUT2D eigenvalue weighted by molar-refractivity contribution is 7.16. The highest BCUT2D eigenvalue weighted by Gasteiger charge is 2.23. The van der Waals surface area contributed by atoms with E-state index < -0.39 is 18.0 Å². The van der Waals surface area contributed by atoms with Gasteiger partial charge in [0.25, 0.3) is 5.91 Å². The summed E-state index contributed by atoms with van der Waals surface area (Å²) >= 11 is 13.2. The second-order valence-corrected chi connectivity index (χ2v) is 6.69. The normalized spacial score (nSPS) is 12.5. The van der Waals surface area contributed by atoms with Gasteiger partial charge in [-0.1, -0.05) is 23.2 Å². The molecule has 2 heterocycles. The van der Waals surface area contributed by atoms with Crippen LogP contribution in [0.2, 0.25) is 9.36 Å². The minimum Gasteiger partial charge on any atom is -0.374 e. The highest BCUT2D eigenvalue weighted by Crippen LogP contribution is 2.36. The number of ether oxygens (including phenoxy) is 1. The molecule has 2 aromatic heterocycles. The van der Waals surface area contributed by atoms with Gasteiger partial charge in [-0.3, -0.25) is 4.79 Å². The molecule has 0 radical (unpaired) electrons. The number of carbonyl (C=O) groups excluding carboxylic acids is 1. The lowest BCUT2D eigenvalue weighted by Gasteiger charge is -2.15. The molecular formula is C13H14Cl2FN3O2S. The van der Waals surface area contributed by atoms with Crippen LogP contribution in [0.3, 0.4) is 0 Å². The first kappa shape index (κ1) is 17.2. The number of methoxy groups -OCH3 is 1. The van der Waals surface area contributed by atoms with Gasteiger partial charge >= 0.3 is 0 Å². The van der Waals surface area contributed by atoms with Crippen LogP contribution in [0.15, 0.2) is 6.07 Å². The summed E-state index contributed by atoms with van der Waals surface area (Å²) < 4.78 is 20.7. The minimum atomic E-state index is -0.679.